The van der Waals surface area contributed by atoms with E-state index in [1.807, 2.05) is 23.9 Å². The molecule has 0 bridgehead atoms. The van der Waals surface area contributed by atoms with E-state index in [2.05, 4.69) is 11.2 Å². The Bertz CT molecular complexity index is 250. The number of unbranched alkanes of at least 4 members (excludes halogenated alkanes) is 1. The number of pyridine rings is 1. The number of aryl methyl sites for hydroxylation is 1. The van der Waals surface area contributed by atoms with Crippen LogP contribution in [0.15, 0.2) is 18.3 Å². The molecule has 2 nitrogen and oxygen atoms in total. The Hall–Kier alpha value is -0.700. The third-order valence-corrected chi connectivity index (χ3v) is 2.61. The molecular formula is C10H16N2S. The van der Waals surface area contributed by atoms with Crippen molar-refractivity contribution in [2.75, 3.05) is 17.7 Å². The first-order chi connectivity index (χ1) is 6.33. The Balaban J connectivity index is 2.28. The summed E-state index contributed by atoms with van der Waals surface area (Å²) >= 11 is 1.90. The molecule has 0 atom stereocenters. The molecular weight excluding hydrogens is 180 g/mol. The molecule has 0 aromatic carbocycles. The fraction of sp³-hybridized carbons (Fsp3) is 0.500. The molecule has 72 valence electrons. The number of hydrogen-bond acceptors (Lipinski definition) is 3. The highest BCUT2D eigenvalue weighted by molar-refractivity contribution is 7.98. The van der Waals surface area contributed by atoms with Crippen LogP contribution in [0.3, 0.4) is 0 Å². The van der Waals surface area contributed by atoms with Crippen LogP contribution in [0.25, 0.3) is 0 Å². The molecule has 0 aliphatic heterocycles. The number of anilines is 1. The maximum absolute atomic E-state index is 5.57. The Labute approximate surface area is 83.9 Å². The van der Waals surface area contributed by atoms with Gasteiger partial charge >= 0.3 is 0 Å². The van der Waals surface area contributed by atoms with Gasteiger partial charge in [0.15, 0.2) is 0 Å². The van der Waals surface area contributed by atoms with Crippen molar-refractivity contribution in [3.8, 4) is 0 Å². The molecule has 0 radical (unpaired) electrons. The smallest absolute Gasteiger partial charge is 0.123 e. The van der Waals surface area contributed by atoms with Gasteiger partial charge in [0.2, 0.25) is 0 Å². The van der Waals surface area contributed by atoms with Crippen molar-refractivity contribution in [1.29, 1.82) is 0 Å². The predicted molar refractivity (Wildman–Crippen MR) is 60.0 cm³/mol. The van der Waals surface area contributed by atoms with Crippen LogP contribution >= 0.6 is 11.8 Å². The highest BCUT2D eigenvalue weighted by Crippen LogP contribution is 2.08. The highest BCUT2D eigenvalue weighted by atomic mass is 32.2. The summed E-state index contributed by atoms with van der Waals surface area (Å²) in [7, 11) is 0. The lowest BCUT2D eigenvalue weighted by Gasteiger charge is -2.01. The Morgan fingerprint density at radius 2 is 2.31 bits per heavy atom. The normalized spacial score (nSPS) is 10.2. The van der Waals surface area contributed by atoms with Crippen molar-refractivity contribution in [2.24, 2.45) is 0 Å². The lowest BCUT2D eigenvalue weighted by atomic mass is 10.1. The van der Waals surface area contributed by atoms with Gasteiger partial charge < -0.3 is 5.73 Å². The lowest BCUT2D eigenvalue weighted by Crippen LogP contribution is -1.92. The van der Waals surface area contributed by atoms with E-state index in [1.54, 1.807) is 6.20 Å². The van der Waals surface area contributed by atoms with E-state index in [0.717, 1.165) is 6.42 Å². The second-order valence-corrected chi connectivity index (χ2v) is 4.02. The van der Waals surface area contributed by atoms with E-state index in [1.165, 1.54) is 24.2 Å². The van der Waals surface area contributed by atoms with Crippen LogP contribution in [0, 0.1) is 0 Å². The minimum Gasteiger partial charge on any atom is -0.384 e. The van der Waals surface area contributed by atoms with Crippen molar-refractivity contribution in [2.45, 2.75) is 19.3 Å². The van der Waals surface area contributed by atoms with Gasteiger partial charge in [-0.1, -0.05) is 0 Å². The second-order valence-electron chi connectivity index (χ2n) is 3.04. The van der Waals surface area contributed by atoms with Gasteiger partial charge in [0.1, 0.15) is 5.82 Å². The van der Waals surface area contributed by atoms with E-state index in [4.69, 9.17) is 5.73 Å². The van der Waals surface area contributed by atoms with Crippen LogP contribution in [0.4, 0.5) is 5.82 Å². The number of thioether (sulfide) groups is 1. The number of rotatable bonds is 5. The monoisotopic (exact) mass is 196 g/mol. The second kappa shape index (κ2) is 5.86. The fourth-order valence-corrected chi connectivity index (χ4v) is 1.72. The molecule has 1 heterocycles. The third-order valence-electron chi connectivity index (χ3n) is 1.91. The van der Waals surface area contributed by atoms with E-state index in [9.17, 15) is 0 Å². The first-order valence-electron chi connectivity index (χ1n) is 4.52. The first kappa shape index (κ1) is 10.4. The molecule has 0 amide bonds. The molecule has 0 spiro atoms. The molecule has 2 N–H and O–H groups in total. The van der Waals surface area contributed by atoms with Gasteiger partial charge in [-0.15, -0.1) is 0 Å². The Morgan fingerprint density at radius 3 is 3.00 bits per heavy atom. The average molecular weight is 196 g/mol. The third kappa shape index (κ3) is 4.18. The van der Waals surface area contributed by atoms with Gasteiger partial charge in [-0.25, -0.2) is 4.98 Å². The number of aromatic nitrogens is 1. The minimum atomic E-state index is 0.627. The Kier molecular flexibility index (Phi) is 4.68. The number of nitrogens with zero attached hydrogens (tertiary/aromatic N) is 1. The van der Waals surface area contributed by atoms with Gasteiger partial charge in [-0.05, 0) is 49.0 Å². The summed E-state index contributed by atoms with van der Waals surface area (Å²) in [4.78, 5) is 3.96. The SMILES string of the molecule is CSCCCCc1ccnc(N)c1. The topological polar surface area (TPSA) is 38.9 Å². The van der Waals surface area contributed by atoms with Crippen LogP contribution < -0.4 is 5.73 Å². The predicted octanol–water partition coefficient (Wildman–Crippen LogP) is 2.35. The average Bonchev–Trinajstić information content (AvgIpc) is 2.13. The van der Waals surface area contributed by atoms with Gasteiger partial charge in [0.05, 0.1) is 0 Å². The van der Waals surface area contributed by atoms with Crippen LogP contribution in [-0.4, -0.2) is 17.0 Å². The minimum absolute atomic E-state index is 0.627. The summed E-state index contributed by atoms with van der Waals surface area (Å²) in [6.07, 6.45) is 7.56. The first-order valence-corrected chi connectivity index (χ1v) is 5.91. The zero-order chi connectivity index (χ0) is 9.52. The zero-order valence-corrected chi connectivity index (χ0v) is 8.81. The quantitative estimate of drug-likeness (QED) is 0.735. The molecule has 0 saturated carbocycles. The van der Waals surface area contributed by atoms with Gasteiger partial charge in [0.25, 0.3) is 0 Å². The van der Waals surface area contributed by atoms with Crippen molar-refractivity contribution in [3.63, 3.8) is 0 Å². The lowest BCUT2D eigenvalue weighted by molar-refractivity contribution is 0.802. The van der Waals surface area contributed by atoms with Crippen molar-refractivity contribution < 1.29 is 0 Å². The standard InChI is InChI=1S/C10H16N2S/c1-13-7-3-2-4-9-5-6-12-10(11)8-9/h5-6,8H,2-4,7H2,1H3,(H2,11,12). The zero-order valence-electron chi connectivity index (χ0n) is 7.99. The molecule has 0 aliphatic carbocycles. The molecule has 3 heteroatoms. The summed E-state index contributed by atoms with van der Waals surface area (Å²) in [5.74, 6) is 1.88. The molecule has 13 heavy (non-hydrogen) atoms. The van der Waals surface area contributed by atoms with Crippen molar-refractivity contribution >= 4 is 17.6 Å². The molecule has 0 fully saturated rings. The summed E-state index contributed by atoms with van der Waals surface area (Å²) < 4.78 is 0. The van der Waals surface area contributed by atoms with Gasteiger partial charge in [-0.3, -0.25) is 0 Å². The van der Waals surface area contributed by atoms with E-state index >= 15 is 0 Å². The van der Waals surface area contributed by atoms with Crippen LogP contribution in [0.5, 0.6) is 0 Å². The molecule has 1 aromatic heterocycles. The fourth-order valence-electron chi connectivity index (χ4n) is 1.23. The number of nitrogen functional groups attached to an aromatic ring is 1. The van der Waals surface area contributed by atoms with E-state index < -0.39 is 0 Å². The van der Waals surface area contributed by atoms with E-state index in [-0.39, 0.29) is 0 Å². The molecule has 1 rings (SSSR count). The van der Waals surface area contributed by atoms with Crippen LogP contribution in [0.2, 0.25) is 0 Å². The van der Waals surface area contributed by atoms with Gasteiger partial charge in [-0.2, -0.15) is 11.8 Å². The number of hydrogen-bond donors (Lipinski definition) is 1. The number of nitrogens with two attached hydrogens (primary N) is 1. The summed E-state index contributed by atoms with van der Waals surface area (Å²) in [6, 6.07) is 3.99. The summed E-state index contributed by atoms with van der Waals surface area (Å²) in [5.41, 5.74) is 6.87. The molecule has 1 aromatic rings. The maximum Gasteiger partial charge on any atom is 0.123 e. The maximum atomic E-state index is 5.57. The summed E-state index contributed by atoms with van der Waals surface area (Å²) in [5, 5.41) is 0. The van der Waals surface area contributed by atoms with Gasteiger partial charge in [0, 0.05) is 6.20 Å². The molecule has 0 unspecified atom stereocenters. The molecule has 0 aliphatic rings. The van der Waals surface area contributed by atoms with Crippen LogP contribution in [-0.2, 0) is 6.42 Å². The largest absolute Gasteiger partial charge is 0.384 e. The molecule has 0 saturated heterocycles. The Morgan fingerprint density at radius 1 is 1.46 bits per heavy atom. The van der Waals surface area contributed by atoms with Crippen molar-refractivity contribution in [3.05, 3.63) is 23.9 Å². The van der Waals surface area contributed by atoms with Crippen molar-refractivity contribution in [1.82, 2.24) is 4.98 Å². The highest BCUT2D eigenvalue weighted by Gasteiger charge is 1.94. The van der Waals surface area contributed by atoms with Crippen LogP contribution in [0.1, 0.15) is 18.4 Å². The van der Waals surface area contributed by atoms with E-state index in [0.29, 0.717) is 5.82 Å². The summed E-state index contributed by atoms with van der Waals surface area (Å²) in [6.45, 7) is 0.